The molecule has 5 nitrogen and oxygen atoms in total. The maximum Gasteiger partial charge on any atom is 0.351 e. The molecule has 16 heavy (non-hydrogen) atoms. The Morgan fingerprint density at radius 2 is 2.19 bits per heavy atom. The van der Waals surface area contributed by atoms with Crippen LogP contribution in [0.5, 0.6) is 0 Å². The SMILES string of the molecule is Cc1cccc(NCC(=O)ONC=O)c1C. The molecule has 86 valence electrons. The highest BCUT2D eigenvalue weighted by atomic mass is 16.7. The fourth-order valence-corrected chi connectivity index (χ4v) is 1.24. The van der Waals surface area contributed by atoms with E-state index in [4.69, 9.17) is 0 Å². The number of hydroxylamine groups is 1. The summed E-state index contributed by atoms with van der Waals surface area (Å²) in [5.41, 5.74) is 4.94. The number of hydrogen-bond acceptors (Lipinski definition) is 4. The van der Waals surface area contributed by atoms with Gasteiger partial charge in [0, 0.05) is 5.69 Å². The van der Waals surface area contributed by atoms with Gasteiger partial charge in [-0.2, -0.15) is 5.48 Å². The molecule has 1 amide bonds. The molecular weight excluding hydrogens is 208 g/mol. The first-order valence-corrected chi connectivity index (χ1v) is 4.84. The third-order valence-corrected chi connectivity index (χ3v) is 2.25. The lowest BCUT2D eigenvalue weighted by molar-refractivity contribution is -0.152. The highest BCUT2D eigenvalue weighted by Crippen LogP contribution is 2.17. The molecule has 0 atom stereocenters. The van der Waals surface area contributed by atoms with E-state index < -0.39 is 5.97 Å². The van der Waals surface area contributed by atoms with Gasteiger partial charge in [0.2, 0.25) is 6.41 Å². The minimum Gasteiger partial charge on any atom is -0.374 e. The highest BCUT2D eigenvalue weighted by Gasteiger charge is 2.04. The molecule has 0 fully saturated rings. The van der Waals surface area contributed by atoms with Crippen LogP contribution in [0.4, 0.5) is 5.69 Å². The standard InChI is InChI=1S/C11H14N2O3/c1-8-4-3-5-10(9(8)2)12-6-11(15)16-13-7-14/h3-5,7,12H,6H2,1-2H3,(H,13,14). The van der Waals surface area contributed by atoms with Crippen LogP contribution in [0, 0.1) is 13.8 Å². The monoisotopic (exact) mass is 222 g/mol. The van der Waals surface area contributed by atoms with E-state index >= 15 is 0 Å². The summed E-state index contributed by atoms with van der Waals surface area (Å²) in [5, 5.41) is 2.93. The zero-order valence-corrected chi connectivity index (χ0v) is 9.24. The van der Waals surface area contributed by atoms with Gasteiger partial charge in [0.1, 0.15) is 6.54 Å². The molecule has 0 heterocycles. The average Bonchev–Trinajstić information content (AvgIpc) is 2.28. The van der Waals surface area contributed by atoms with E-state index in [1.807, 2.05) is 37.5 Å². The zero-order chi connectivity index (χ0) is 12.0. The lowest BCUT2D eigenvalue weighted by Crippen LogP contribution is -2.24. The first kappa shape index (κ1) is 12.0. The van der Waals surface area contributed by atoms with E-state index in [0.717, 1.165) is 16.8 Å². The second-order valence-electron chi connectivity index (χ2n) is 3.31. The minimum absolute atomic E-state index is 0.00509. The molecule has 0 radical (unpaired) electrons. The van der Waals surface area contributed by atoms with E-state index in [1.54, 1.807) is 0 Å². The summed E-state index contributed by atoms with van der Waals surface area (Å²) in [4.78, 5) is 25.3. The van der Waals surface area contributed by atoms with Gasteiger partial charge in [0.25, 0.3) is 0 Å². The highest BCUT2D eigenvalue weighted by molar-refractivity contribution is 5.76. The number of amides is 1. The Morgan fingerprint density at radius 1 is 1.44 bits per heavy atom. The van der Waals surface area contributed by atoms with Crippen molar-refractivity contribution in [1.82, 2.24) is 5.48 Å². The molecule has 0 unspecified atom stereocenters. The third-order valence-electron chi connectivity index (χ3n) is 2.25. The predicted molar refractivity (Wildman–Crippen MR) is 59.7 cm³/mol. The van der Waals surface area contributed by atoms with Crippen LogP contribution in [0.15, 0.2) is 18.2 Å². The summed E-state index contributed by atoms with van der Waals surface area (Å²) in [6.45, 7) is 3.96. The van der Waals surface area contributed by atoms with Gasteiger partial charge in [-0.3, -0.25) is 4.79 Å². The van der Waals surface area contributed by atoms with Gasteiger partial charge in [0.05, 0.1) is 0 Å². The molecule has 0 aliphatic carbocycles. The number of rotatable bonds is 5. The van der Waals surface area contributed by atoms with Crippen LogP contribution < -0.4 is 10.8 Å². The first-order chi connectivity index (χ1) is 7.65. The fourth-order valence-electron chi connectivity index (χ4n) is 1.24. The summed E-state index contributed by atoms with van der Waals surface area (Å²) in [7, 11) is 0. The molecule has 0 spiro atoms. The lowest BCUT2D eigenvalue weighted by atomic mass is 10.1. The van der Waals surface area contributed by atoms with Gasteiger partial charge in [-0.1, -0.05) is 12.1 Å². The van der Waals surface area contributed by atoms with Crippen molar-refractivity contribution in [3.63, 3.8) is 0 Å². The summed E-state index contributed by atoms with van der Waals surface area (Å²) >= 11 is 0. The maximum absolute atomic E-state index is 11.1. The van der Waals surface area contributed by atoms with Crippen molar-refractivity contribution in [2.45, 2.75) is 13.8 Å². The van der Waals surface area contributed by atoms with Gasteiger partial charge in [-0.25, -0.2) is 4.79 Å². The topological polar surface area (TPSA) is 67.4 Å². The number of carbonyl (C=O) groups excluding carboxylic acids is 2. The Balaban J connectivity index is 2.51. The summed E-state index contributed by atoms with van der Waals surface area (Å²) in [6, 6.07) is 5.77. The van der Waals surface area contributed by atoms with E-state index in [-0.39, 0.29) is 6.54 Å². The third kappa shape index (κ3) is 3.27. The van der Waals surface area contributed by atoms with Gasteiger partial charge in [0.15, 0.2) is 0 Å². The number of hydrogen-bond donors (Lipinski definition) is 2. The molecule has 0 bridgehead atoms. The molecular formula is C11H14N2O3. The quantitative estimate of drug-likeness (QED) is 0.574. The number of nitrogens with one attached hydrogen (secondary N) is 2. The van der Waals surface area contributed by atoms with E-state index in [1.165, 1.54) is 0 Å². The van der Waals surface area contributed by atoms with E-state index in [2.05, 4.69) is 10.2 Å². The van der Waals surface area contributed by atoms with Gasteiger partial charge >= 0.3 is 5.97 Å². The number of benzene rings is 1. The van der Waals surface area contributed by atoms with Crippen LogP contribution in [-0.2, 0) is 14.4 Å². The van der Waals surface area contributed by atoms with Crippen molar-refractivity contribution < 1.29 is 14.4 Å². The normalized spacial score (nSPS) is 9.38. The second-order valence-corrected chi connectivity index (χ2v) is 3.31. The van der Waals surface area contributed by atoms with Gasteiger partial charge < -0.3 is 10.2 Å². The molecule has 1 aromatic carbocycles. The lowest BCUT2D eigenvalue weighted by Gasteiger charge is -2.10. The summed E-state index contributed by atoms with van der Waals surface area (Å²) < 4.78 is 0. The van der Waals surface area contributed by atoms with Crippen LogP contribution in [0.2, 0.25) is 0 Å². The molecule has 0 aliphatic heterocycles. The van der Waals surface area contributed by atoms with Crippen molar-refractivity contribution in [2.75, 3.05) is 11.9 Å². The Kier molecular flexibility index (Phi) is 4.32. The Bertz CT molecular complexity index is 391. The van der Waals surface area contributed by atoms with Crippen LogP contribution in [0.1, 0.15) is 11.1 Å². The van der Waals surface area contributed by atoms with Crippen molar-refractivity contribution in [3.05, 3.63) is 29.3 Å². The molecule has 0 saturated carbocycles. The van der Waals surface area contributed by atoms with Crippen molar-refractivity contribution in [2.24, 2.45) is 0 Å². The van der Waals surface area contributed by atoms with Crippen LogP contribution in [-0.4, -0.2) is 18.9 Å². The zero-order valence-electron chi connectivity index (χ0n) is 9.24. The van der Waals surface area contributed by atoms with Crippen molar-refractivity contribution in [3.8, 4) is 0 Å². The largest absolute Gasteiger partial charge is 0.374 e. The maximum atomic E-state index is 11.1. The van der Waals surface area contributed by atoms with Crippen LogP contribution in [0.3, 0.4) is 0 Å². The first-order valence-electron chi connectivity index (χ1n) is 4.84. The Labute approximate surface area is 93.7 Å². The minimum atomic E-state index is -0.548. The number of carbonyl (C=O) groups is 2. The van der Waals surface area contributed by atoms with E-state index in [9.17, 15) is 9.59 Å². The molecule has 1 rings (SSSR count). The molecule has 0 aliphatic rings. The molecule has 5 heteroatoms. The van der Waals surface area contributed by atoms with Gasteiger partial charge in [-0.15, -0.1) is 0 Å². The Morgan fingerprint density at radius 3 is 2.88 bits per heavy atom. The summed E-state index contributed by atoms with van der Waals surface area (Å²) in [5.74, 6) is -0.548. The molecule has 2 N–H and O–H groups in total. The van der Waals surface area contributed by atoms with Crippen molar-refractivity contribution >= 4 is 18.1 Å². The van der Waals surface area contributed by atoms with Gasteiger partial charge in [-0.05, 0) is 31.0 Å². The number of anilines is 1. The van der Waals surface area contributed by atoms with Crippen molar-refractivity contribution in [1.29, 1.82) is 0 Å². The molecule has 1 aromatic rings. The number of aryl methyl sites for hydroxylation is 1. The average molecular weight is 222 g/mol. The smallest absolute Gasteiger partial charge is 0.351 e. The molecule has 0 saturated heterocycles. The second kappa shape index (κ2) is 5.75. The molecule has 0 aromatic heterocycles. The summed E-state index contributed by atoms with van der Waals surface area (Å²) in [6.07, 6.45) is 0.301. The fraction of sp³-hybridized carbons (Fsp3) is 0.273. The predicted octanol–water partition coefficient (Wildman–Crippen LogP) is 0.920. The Hall–Kier alpha value is -2.04. The van der Waals surface area contributed by atoms with Crippen LogP contribution >= 0.6 is 0 Å². The van der Waals surface area contributed by atoms with E-state index in [0.29, 0.717) is 6.41 Å². The van der Waals surface area contributed by atoms with Crippen LogP contribution in [0.25, 0.3) is 0 Å².